The molecule has 7 nitrogen and oxygen atoms in total. The summed E-state index contributed by atoms with van der Waals surface area (Å²) in [6.45, 7) is 1.75. The number of pyridine rings is 1. The van der Waals surface area contributed by atoms with E-state index in [0.29, 0.717) is 16.5 Å². The molecule has 3 rings (SSSR count). The smallest absolute Gasteiger partial charge is 0.267 e. The molecular weight excluding hydrogens is 413 g/mol. The van der Waals surface area contributed by atoms with Crippen LogP contribution in [0.2, 0.25) is 10.2 Å². The highest BCUT2D eigenvalue weighted by Gasteiger charge is 2.27. The molecule has 3 aromatic rings. The lowest BCUT2D eigenvalue weighted by molar-refractivity contribution is 0.327. The Morgan fingerprint density at radius 3 is 2.63 bits per heavy atom. The van der Waals surface area contributed by atoms with Crippen LogP contribution in [0, 0.1) is 6.92 Å². The van der Waals surface area contributed by atoms with Gasteiger partial charge in [0.25, 0.3) is 10.0 Å². The fraction of sp³-hybridized carbons (Fsp3) is 0.176. The van der Waals surface area contributed by atoms with Crippen LogP contribution in [0.4, 0.5) is 5.82 Å². The van der Waals surface area contributed by atoms with Crippen LogP contribution < -0.4 is 9.04 Å². The number of nitrogens with zero attached hydrogens (tertiary/aromatic N) is 3. The van der Waals surface area contributed by atoms with Crippen LogP contribution in [-0.2, 0) is 10.0 Å². The molecule has 0 N–H and O–H groups in total. The number of aromatic nitrogens is 2. The lowest BCUT2D eigenvalue weighted by Crippen LogP contribution is -2.35. The Morgan fingerprint density at radius 1 is 1.19 bits per heavy atom. The molecule has 0 aliphatic heterocycles. The zero-order valence-electron chi connectivity index (χ0n) is 14.2. The maximum absolute atomic E-state index is 13.0. The quantitative estimate of drug-likeness (QED) is 0.530. The number of rotatable bonds is 7. The molecule has 2 heterocycles. The Morgan fingerprint density at radius 2 is 2.00 bits per heavy atom. The topological polar surface area (TPSA) is 85.5 Å². The highest BCUT2D eigenvalue weighted by atomic mass is 35.5. The SMILES string of the molecule is Cc1cc(N(CCOc2cccc(Cl)c2)S(=O)(=O)c2ccc(Cl)nc2)no1. The first kappa shape index (κ1) is 19.5. The van der Waals surface area contributed by atoms with Gasteiger partial charge >= 0.3 is 0 Å². The van der Waals surface area contributed by atoms with E-state index in [0.717, 1.165) is 4.31 Å². The van der Waals surface area contributed by atoms with Crippen LogP contribution in [0.5, 0.6) is 5.75 Å². The third-order valence-corrected chi connectivity index (χ3v) is 5.76. The number of sulfonamides is 1. The predicted octanol–water partition coefficient (Wildman–Crippen LogP) is 3.96. The van der Waals surface area contributed by atoms with Gasteiger partial charge in [-0.25, -0.2) is 17.7 Å². The van der Waals surface area contributed by atoms with E-state index >= 15 is 0 Å². The molecule has 0 unspecified atom stereocenters. The van der Waals surface area contributed by atoms with E-state index in [4.69, 9.17) is 32.5 Å². The molecule has 0 fully saturated rings. The van der Waals surface area contributed by atoms with Gasteiger partial charge in [0.15, 0.2) is 5.82 Å². The van der Waals surface area contributed by atoms with E-state index in [9.17, 15) is 8.42 Å². The molecule has 142 valence electrons. The fourth-order valence-electron chi connectivity index (χ4n) is 2.27. The lowest BCUT2D eigenvalue weighted by atomic mass is 10.3. The van der Waals surface area contributed by atoms with Gasteiger partial charge in [0.2, 0.25) is 0 Å². The van der Waals surface area contributed by atoms with Crippen LogP contribution in [0.25, 0.3) is 0 Å². The largest absolute Gasteiger partial charge is 0.492 e. The summed E-state index contributed by atoms with van der Waals surface area (Å²) in [5, 5.41) is 4.53. The van der Waals surface area contributed by atoms with E-state index < -0.39 is 10.0 Å². The first-order valence-electron chi connectivity index (χ1n) is 7.82. The van der Waals surface area contributed by atoms with Gasteiger partial charge in [-0.05, 0) is 37.3 Å². The first-order valence-corrected chi connectivity index (χ1v) is 10.0. The number of hydrogen-bond donors (Lipinski definition) is 0. The zero-order chi connectivity index (χ0) is 19.4. The summed E-state index contributed by atoms with van der Waals surface area (Å²) in [4.78, 5) is 3.82. The number of ether oxygens (including phenoxy) is 1. The minimum absolute atomic E-state index is 0.00342. The Bertz CT molecular complexity index is 1020. The molecule has 27 heavy (non-hydrogen) atoms. The molecular formula is C17H15Cl2N3O4S. The number of benzene rings is 1. The molecule has 0 saturated heterocycles. The molecule has 0 saturated carbocycles. The molecule has 0 spiro atoms. The standard InChI is InChI=1S/C17H15Cl2N3O4S/c1-12-9-17(21-26-12)22(7-8-25-14-4-2-3-13(18)10-14)27(23,24)15-5-6-16(19)20-11-15/h2-6,9-11H,7-8H2,1H3. The van der Waals surface area contributed by atoms with Gasteiger partial charge in [0, 0.05) is 17.3 Å². The molecule has 0 radical (unpaired) electrons. The third kappa shape index (κ3) is 4.71. The third-order valence-electron chi connectivity index (χ3n) is 3.52. The molecule has 0 atom stereocenters. The minimum atomic E-state index is -3.94. The minimum Gasteiger partial charge on any atom is -0.492 e. The lowest BCUT2D eigenvalue weighted by Gasteiger charge is -2.21. The van der Waals surface area contributed by atoms with Crippen LogP contribution in [0.1, 0.15) is 5.76 Å². The van der Waals surface area contributed by atoms with Crippen molar-refractivity contribution in [3.8, 4) is 5.75 Å². The highest BCUT2D eigenvalue weighted by Crippen LogP contribution is 2.24. The van der Waals surface area contributed by atoms with Crippen molar-refractivity contribution in [2.75, 3.05) is 17.5 Å². The van der Waals surface area contributed by atoms with Gasteiger partial charge in [-0.3, -0.25) is 0 Å². The maximum Gasteiger partial charge on any atom is 0.267 e. The Balaban J connectivity index is 1.84. The van der Waals surface area contributed by atoms with Crippen molar-refractivity contribution in [2.24, 2.45) is 0 Å². The number of hydrogen-bond acceptors (Lipinski definition) is 6. The fourth-order valence-corrected chi connectivity index (χ4v) is 3.89. The molecule has 1 aromatic carbocycles. The van der Waals surface area contributed by atoms with Crippen molar-refractivity contribution in [3.05, 3.63) is 64.6 Å². The van der Waals surface area contributed by atoms with Gasteiger partial charge in [-0.1, -0.05) is 34.4 Å². The van der Waals surface area contributed by atoms with Gasteiger partial charge in [-0.15, -0.1) is 0 Å². The highest BCUT2D eigenvalue weighted by molar-refractivity contribution is 7.92. The molecule has 0 aliphatic rings. The van der Waals surface area contributed by atoms with E-state index in [1.165, 1.54) is 24.4 Å². The average molecular weight is 428 g/mol. The predicted molar refractivity (Wildman–Crippen MR) is 102 cm³/mol. The summed E-state index contributed by atoms with van der Waals surface area (Å²) < 4.78 is 37.8. The monoisotopic (exact) mass is 427 g/mol. The molecule has 0 aliphatic carbocycles. The van der Waals surface area contributed by atoms with Gasteiger partial charge < -0.3 is 9.26 Å². The summed E-state index contributed by atoms with van der Waals surface area (Å²) in [7, 11) is -3.94. The van der Waals surface area contributed by atoms with Gasteiger partial charge in [0.1, 0.15) is 28.2 Å². The van der Waals surface area contributed by atoms with Crippen molar-refractivity contribution in [1.82, 2.24) is 10.1 Å². The van der Waals surface area contributed by atoms with Crippen molar-refractivity contribution in [1.29, 1.82) is 0 Å². The summed E-state index contributed by atoms with van der Waals surface area (Å²) in [6, 6.07) is 11.1. The summed E-state index contributed by atoms with van der Waals surface area (Å²) in [5.41, 5.74) is 0. The second kappa shape index (κ2) is 8.16. The Hall–Kier alpha value is -2.29. The van der Waals surface area contributed by atoms with E-state index in [2.05, 4.69) is 10.1 Å². The van der Waals surface area contributed by atoms with Crippen molar-refractivity contribution in [3.63, 3.8) is 0 Å². The van der Waals surface area contributed by atoms with Crippen molar-refractivity contribution < 1.29 is 17.7 Å². The molecule has 10 heteroatoms. The van der Waals surface area contributed by atoms with Crippen LogP contribution >= 0.6 is 23.2 Å². The maximum atomic E-state index is 13.0. The van der Waals surface area contributed by atoms with E-state index in [1.807, 2.05) is 0 Å². The Kier molecular flexibility index (Phi) is 5.88. The van der Waals surface area contributed by atoms with E-state index in [-0.39, 0.29) is 29.0 Å². The van der Waals surface area contributed by atoms with Gasteiger partial charge in [-0.2, -0.15) is 0 Å². The average Bonchev–Trinajstić information content (AvgIpc) is 3.05. The van der Waals surface area contributed by atoms with Crippen LogP contribution in [-0.4, -0.2) is 31.7 Å². The van der Waals surface area contributed by atoms with Gasteiger partial charge in [0.05, 0.1) is 6.54 Å². The van der Waals surface area contributed by atoms with E-state index in [1.54, 1.807) is 31.2 Å². The van der Waals surface area contributed by atoms with Crippen molar-refractivity contribution >= 4 is 39.0 Å². The molecule has 0 amide bonds. The van der Waals surface area contributed by atoms with Crippen LogP contribution in [0.15, 0.2) is 58.1 Å². The summed E-state index contributed by atoms with van der Waals surface area (Å²) >= 11 is 11.7. The first-order chi connectivity index (χ1) is 12.9. The summed E-state index contributed by atoms with van der Waals surface area (Å²) in [6.07, 6.45) is 1.19. The van der Waals surface area contributed by atoms with Crippen molar-refractivity contribution in [2.45, 2.75) is 11.8 Å². The number of aryl methyl sites for hydroxylation is 1. The number of anilines is 1. The Labute approximate surface area is 166 Å². The van der Waals surface area contributed by atoms with Crippen LogP contribution in [0.3, 0.4) is 0 Å². The second-order valence-electron chi connectivity index (χ2n) is 5.50. The second-order valence-corrected chi connectivity index (χ2v) is 8.18. The number of halogens is 2. The zero-order valence-corrected chi connectivity index (χ0v) is 16.5. The summed E-state index contributed by atoms with van der Waals surface area (Å²) in [5.74, 6) is 1.16. The normalized spacial score (nSPS) is 11.4. The molecule has 0 bridgehead atoms. The molecule has 2 aromatic heterocycles.